The molecule has 1 atom stereocenters. The summed E-state index contributed by atoms with van der Waals surface area (Å²) in [6.45, 7) is 6.97. The zero-order valence-corrected chi connectivity index (χ0v) is 15.3. The molecule has 0 saturated carbocycles. The van der Waals surface area contributed by atoms with Crippen molar-refractivity contribution in [3.8, 4) is 11.1 Å². The fraction of sp³-hybridized carbons (Fsp3) is 0.409. The molecule has 0 fully saturated rings. The van der Waals surface area contributed by atoms with Crippen LogP contribution in [0.2, 0.25) is 0 Å². The van der Waals surface area contributed by atoms with Gasteiger partial charge < -0.3 is 10.1 Å². The number of hydrogen-bond acceptors (Lipinski definition) is 3. The van der Waals surface area contributed by atoms with Crippen molar-refractivity contribution in [2.45, 2.75) is 52.2 Å². The lowest BCUT2D eigenvalue weighted by Crippen LogP contribution is -2.21. The molecule has 1 aliphatic carbocycles. The molecule has 0 aromatic heterocycles. The number of carbonyl (C=O) groups excluding carboxylic acids is 1. The minimum atomic E-state index is -0.255. The third-order valence-electron chi connectivity index (χ3n) is 4.63. The number of esters is 1. The Hall–Kier alpha value is -2.13. The zero-order valence-electron chi connectivity index (χ0n) is 15.3. The number of carbonyl (C=O) groups is 1. The Kier molecular flexibility index (Phi) is 5.54. The van der Waals surface area contributed by atoms with E-state index in [2.05, 4.69) is 42.6 Å². The van der Waals surface area contributed by atoms with Crippen molar-refractivity contribution in [1.29, 1.82) is 0 Å². The molecule has 0 radical (unpaired) electrons. The molecule has 25 heavy (non-hydrogen) atoms. The Balaban J connectivity index is 1.90. The maximum Gasteiger partial charge on any atom is 0.338 e. The number of benzene rings is 2. The van der Waals surface area contributed by atoms with Gasteiger partial charge in [0, 0.05) is 0 Å². The molecule has 3 heteroatoms. The molecule has 0 bridgehead atoms. The SMILES string of the molecule is CCCCCNC1c2ccccc2-c2cc(C(=O)OC(C)C)ccc21. The van der Waals surface area contributed by atoms with Crippen molar-refractivity contribution in [3.63, 3.8) is 0 Å². The summed E-state index contributed by atoms with van der Waals surface area (Å²) >= 11 is 0. The van der Waals surface area contributed by atoms with Crippen molar-refractivity contribution < 1.29 is 9.53 Å². The molecule has 132 valence electrons. The summed E-state index contributed by atoms with van der Waals surface area (Å²) in [5.41, 5.74) is 5.52. The molecule has 1 N–H and O–H groups in total. The van der Waals surface area contributed by atoms with Crippen LogP contribution in [0.5, 0.6) is 0 Å². The summed E-state index contributed by atoms with van der Waals surface area (Å²) in [4.78, 5) is 12.3. The van der Waals surface area contributed by atoms with E-state index in [4.69, 9.17) is 4.74 Å². The number of fused-ring (bicyclic) bond motifs is 3. The van der Waals surface area contributed by atoms with Crippen molar-refractivity contribution in [1.82, 2.24) is 5.32 Å². The Morgan fingerprint density at radius 2 is 1.84 bits per heavy atom. The molecule has 1 unspecified atom stereocenters. The van der Waals surface area contributed by atoms with Crippen LogP contribution in [0.25, 0.3) is 11.1 Å². The molecule has 0 heterocycles. The Morgan fingerprint density at radius 3 is 2.60 bits per heavy atom. The molecule has 0 spiro atoms. The van der Waals surface area contributed by atoms with Crippen LogP contribution in [0.15, 0.2) is 42.5 Å². The number of rotatable bonds is 7. The van der Waals surface area contributed by atoms with E-state index in [0.717, 1.165) is 12.1 Å². The fourth-order valence-corrected chi connectivity index (χ4v) is 3.45. The van der Waals surface area contributed by atoms with Gasteiger partial charge in [0.05, 0.1) is 17.7 Å². The van der Waals surface area contributed by atoms with Crippen LogP contribution in [0.3, 0.4) is 0 Å². The highest BCUT2D eigenvalue weighted by atomic mass is 16.5. The van der Waals surface area contributed by atoms with Crippen molar-refractivity contribution in [3.05, 3.63) is 59.2 Å². The van der Waals surface area contributed by atoms with Crippen LogP contribution in [-0.4, -0.2) is 18.6 Å². The normalized spacial score (nSPS) is 15.1. The van der Waals surface area contributed by atoms with Gasteiger partial charge in [-0.1, -0.05) is 50.1 Å². The van der Waals surface area contributed by atoms with E-state index in [0.29, 0.717) is 5.56 Å². The van der Waals surface area contributed by atoms with Gasteiger partial charge in [-0.3, -0.25) is 0 Å². The minimum Gasteiger partial charge on any atom is -0.459 e. The number of unbranched alkanes of at least 4 members (excludes halogenated alkanes) is 2. The van der Waals surface area contributed by atoms with Gasteiger partial charge in [0.15, 0.2) is 0 Å². The van der Waals surface area contributed by atoms with Crippen LogP contribution in [0.4, 0.5) is 0 Å². The molecular weight excluding hydrogens is 310 g/mol. The summed E-state index contributed by atoms with van der Waals surface area (Å²) in [7, 11) is 0. The first kappa shape index (κ1) is 17.7. The molecule has 0 aliphatic heterocycles. The monoisotopic (exact) mass is 337 g/mol. The molecule has 2 aromatic carbocycles. The first-order chi connectivity index (χ1) is 12.1. The van der Waals surface area contributed by atoms with Crippen LogP contribution in [0.1, 0.15) is 67.6 Å². The predicted octanol–water partition coefficient (Wildman–Crippen LogP) is 5.10. The first-order valence-electron chi connectivity index (χ1n) is 9.29. The van der Waals surface area contributed by atoms with Crippen molar-refractivity contribution in [2.24, 2.45) is 0 Å². The number of nitrogens with one attached hydrogen (secondary N) is 1. The summed E-state index contributed by atoms with van der Waals surface area (Å²) in [5.74, 6) is -0.255. The smallest absolute Gasteiger partial charge is 0.338 e. The Morgan fingerprint density at radius 1 is 1.08 bits per heavy atom. The van der Waals surface area contributed by atoms with Crippen molar-refractivity contribution >= 4 is 5.97 Å². The maximum atomic E-state index is 12.3. The molecule has 0 saturated heterocycles. The van der Waals surface area contributed by atoms with Gasteiger partial charge in [0.25, 0.3) is 0 Å². The lowest BCUT2D eigenvalue weighted by atomic mass is 10.0. The van der Waals surface area contributed by atoms with Gasteiger partial charge >= 0.3 is 5.97 Å². The van der Waals surface area contributed by atoms with Crippen molar-refractivity contribution in [2.75, 3.05) is 6.54 Å². The molecular formula is C22H27NO2. The second kappa shape index (κ2) is 7.83. The van der Waals surface area contributed by atoms with Gasteiger partial charge in [-0.25, -0.2) is 4.79 Å². The van der Waals surface area contributed by atoms with Gasteiger partial charge in [-0.05, 0) is 61.2 Å². The lowest BCUT2D eigenvalue weighted by molar-refractivity contribution is 0.0378. The minimum absolute atomic E-state index is 0.110. The molecule has 0 amide bonds. The molecule has 1 aliphatic rings. The predicted molar refractivity (Wildman–Crippen MR) is 102 cm³/mol. The summed E-state index contributed by atoms with van der Waals surface area (Å²) in [5, 5.41) is 3.69. The van der Waals surface area contributed by atoms with Gasteiger partial charge in [0.1, 0.15) is 0 Å². The highest BCUT2D eigenvalue weighted by Crippen LogP contribution is 2.43. The molecule has 3 nitrogen and oxygen atoms in total. The number of hydrogen-bond donors (Lipinski definition) is 1. The van der Waals surface area contributed by atoms with E-state index in [1.165, 1.54) is 36.0 Å². The lowest BCUT2D eigenvalue weighted by Gasteiger charge is -2.16. The Labute approximate surface area is 150 Å². The van der Waals surface area contributed by atoms with E-state index in [1.54, 1.807) is 0 Å². The highest BCUT2D eigenvalue weighted by Gasteiger charge is 2.28. The van der Waals surface area contributed by atoms with Crippen LogP contribution in [-0.2, 0) is 4.74 Å². The van der Waals surface area contributed by atoms with E-state index < -0.39 is 0 Å². The fourth-order valence-electron chi connectivity index (χ4n) is 3.45. The third kappa shape index (κ3) is 3.77. The third-order valence-corrected chi connectivity index (χ3v) is 4.63. The summed E-state index contributed by atoms with van der Waals surface area (Å²) in [6, 6.07) is 14.6. The van der Waals surface area contributed by atoms with E-state index in [-0.39, 0.29) is 18.1 Å². The topological polar surface area (TPSA) is 38.3 Å². The standard InChI is InChI=1S/C22H27NO2/c1-4-5-8-13-23-21-18-10-7-6-9-17(18)20-14-16(11-12-19(20)21)22(24)25-15(2)3/h6-7,9-12,14-15,21,23H,4-5,8,13H2,1-3H3. The average molecular weight is 337 g/mol. The van der Waals surface area contributed by atoms with E-state index >= 15 is 0 Å². The first-order valence-corrected chi connectivity index (χ1v) is 9.29. The zero-order chi connectivity index (χ0) is 17.8. The Bertz CT molecular complexity index is 751. The van der Waals surface area contributed by atoms with Gasteiger partial charge in [0.2, 0.25) is 0 Å². The van der Waals surface area contributed by atoms with Gasteiger partial charge in [-0.2, -0.15) is 0 Å². The largest absolute Gasteiger partial charge is 0.459 e. The second-order valence-corrected chi connectivity index (χ2v) is 6.94. The summed E-state index contributed by atoms with van der Waals surface area (Å²) in [6.07, 6.45) is 3.54. The van der Waals surface area contributed by atoms with E-state index in [1.807, 2.05) is 26.0 Å². The average Bonchev–Trinajstić information content (AvgIpc) is 2.91. The summed E-state index contributed by atoms with van der Waals surface area (Å²) < 4.78 is 5.35. The van der Waals surface area contributed by atoms with Crippen LogP contribution in [0, 0.1) is 0 Å². The quantitative estimate of drug-likeness (QED) is 0.564. The molecule has 3 rings (SSSR count). The van der Waals surface area contributed by atoms with E-state index in [9.17, 15) is 4.79 Å². The number of ether oxygens (including phenoxy) is 1. The van der Waals surface area contributed by atoms with Gasteiger partial charge in [-0.15, -0.1) is 0 Å². The maximum absolute atomic E-state index is 12.3. The molecule has 2 aromatic rings. The van der Waals surface area contributed by atoms with Crippen LogP contribution >= 0.6 is 0 Å². The highest BCUT2D eigenvalue weighted by molar-refractivity contribution is 5.93. The second-order valence-electron chi connectivity index (χ2n) is 6.94. The van der Waals surface area contributed by atoms with Crippen LogP contribution < -0.4 is 5.32 Å².